The number of nitrogens with one attached hydrogen (secondary N) is 1. The van der Waals surface area contributed by atoms with Gasteiger partial charge >= 0.3 is 6.18 Å². The van der Waals surface area contributed by atoms with Gasteiger partial charge in [0.1, 0.15) is 6.04 Å². The second kappa shape index (κ2) is 8.77. The minimum Gasteiger partial charge on any atom is -0.289 e. The molecule has 1 unspecified atom stereocenters. The number of rotatable bonds is 7. The van der Waals surface area contributed by atoms with E-state index in [1.807, 2.05) is 0 Å². The summed E-state index contributed by atoms with van der Waals surface area (Å²) >= 11 is 0. The minimum absolute atomic E-state index is 0.230. The molecule has 0 saturated heterocycles. The summed E-state index contributed by atoms with van der Waals surface area (Å²) in [4.78, 5) is 21.2. The van der Waals surface area contributed by atoms with E-state index < -0.39 is 50.1 Å². The Morgan fingerprint density at radius 3 is 2.33 bits per heavy atom. The molecule has 0 spiro atoms. The molecular formula is C17H16F3N3O6S. The maximum Gasteiger partial charge on any atom is 0.416 e. The average Bonchev–Trinajstić information content (AvgIpc) is 2.70. The van der Waals surface area contributed by atoms with Gasteiger partial charge in [0.25, 0.3) is 11.6 Å². The van der Waals surface area contributed by atoms with Crippen LogP contribution < -0.4 is 5.48 Å². The van der Waals surface area contributed by atoms with Crippen LogP contribution in [-0.2, 0) is 27.5 Å². The second-order valence-electron chi connectivity index (χ2n) is 6.15. The molecule has 0 radical (unpaired) electrons. The summed E-state index contributed by atoms with van der Waals surface area (Å²) < 4.78 is 65.6. The Hall–Kier alpha value is -3.03. The summed E-state index contributed by atoms with van der Waals surface area (Å²) in [5, 5.41) is 19.6. The van der Waals surface area contributed by atoms with Crippen molar-refractivity contribution < 1.29 is 36.5 Å². The van der Waals surface area contributed by atoms with E-state index in [1.165, 1.54) is 17.6 Å². The third kappa shape index (κ3) is 5.11. The predicted molar refractivity (Wildman–Crippen MR) is 96.7 cm³/mol. The molecule has 0 bridgehead atoms. The molecule has 2 aromatic rings. The summed E-state index contributed by atoms with van der Waals surface area (Å²) in [6, 6.07) is 6.19. The highest BCUT2D eigenvalue weighted by Gasteiger charge is 2.36. The standard InChI is InChI=1S/C17H16F3N3O6S/c1-11(16(24)21-25)22(10-12-5-7-14(8-6-12)23(26)27)30(28,29)15-4-2-3-13(9-15)17(18,19)20/h2-9,11,25H,10H2,1H3,(H,21,24). The van der Waals surface area contributed by atoms with Gasteiger partial charge in [0, 0.05) is 18.7 Å². The Morgan fingerprint density at radius 2 is 1.83 bits per heavy atom. The highest BCUT2D eigenvalue weighted by Crippen LogP contribution is 2.32. The summed E-state index contributed by atoms with van der Waals surface area (Å²) in [5.74, 6) is -1.12. The number of amides is 1. The number of hydroxylamine groups is 1. The van der Waals surface area contributed by atoms with Gasteiger partial charge in [-0.1, -0.05) is 18.2 Å². The number of hydrogen-bond acceptors (Lipinski definition) is 6. The number of benzene rings is 2. The Kier molecular flexibility index (Phi) is 6.80. The normalized spacial score (nSPS) is 13.1. The molecule has 1 amide bonds. The van der Waals surface area contributed by atoms with Crippen LogP contribution in [0.3, 0.4) is 0 Å². The lowest BCUT2D eigenvalue weighted by atomic mass is 10.2. The Balaban J connectivity index is 2.50. The fourth-order valence-corrected chi connectivity index (χ4v) is 4.15. The van der Waals surface area contributed by atoms with Gasteiger partial charge in [-0.2, -0.15) is 17.5 Å². The van der Waals surface area contributed by atoms with Crippen LogP contribution in [0, 0.1) is 10.1 Å². The van der Waals surface area contributed by atoms with E-state index in [0.717, 1.165) is 31.2 Å². The molecule has 162 valence electrons. The molecule has 0 aromatic heterocycles. The van der Waals surface area contributed by atoms with E-state index in [0.29, 0.717) is 16.4 Å². The maximum absolute atomic E-state index is 13.0. The number of halogens is 3. The molecule has 2 aromatic carbocycles. The van der Waals surface area contributed by atoms with Crippen molar-refractivity contribution in [2.24, 2.45) is 0 Å². The smallest absolute Gasteiger partial charge is 0.289 e. The molecule has 30 heavy (non-hydrogen) atoms. The minimum atomic E-state index is -4.79. The molecule has 0 heterocycles. The van der Waals surface area contributed by atoms with E-state index in [4.69, 9.17) is 5.21 Å². The fraction of sp³-hybridized carbons (Fsp3) is 0.235. The first-order valence-electron chi connectivity index (χ1n) is 8.24. The molecule has 0 aliphatic carbocycles. The van der Waals surface area contributed by atoms with Crippen molar-refractivity contribution in [2.45, 2.75) is 30.6 Å². The van der Waals surface area contributed by atoms with Crippen LogP contribution in [-0.4, -0.2) is 34.8 Å². The lowest BCUT2D eigenvalue weighted by molar-refractivity contribution is -0.384. The molecule has 2 N–H and O–H groups in total. The van der Waals surface area contributed by atoms with Crippen molar-refractivity contribution in [1.82, 2.24) is 9.79 Å². The van der Waals surface area contributed by atoms with Crippen LogP contribution in [0.1, 0.15) is 18.1 Å². The molecule has 2 rings (SSSR count). The number of alkyl halides is 3. The number of hydrogen-bond donors (Lipinski definition) is 2. The summed E-state index contributed by atoms with van der Waals surface area (Å²) in [6.45, 7) is 0.632. The highest BCUT2D eigenvalue weighted by atomic mass is 32.2. The first kappa shape index (κ1) is 23.3. The lowest BCUT2D eigenvalue weighted by Crippen LogP contribution is -2.46. The lowest BCUT2D eigenvalue weighted by Gasteiger charge is -2.27. The first-order chi connectivity index (χ1) is 13.9. The largest absolute Gasteiger partial charge is 0.416 e. The number of carbonyl (C=O) groups excluding carboxylic acids is 1. The highest BCUT2D eigenvalue weighted by molar-refractivity contribution is 7.89. The number of sulfonamides is 1. The van der Waals surface area contributed by atoms with Gasteiger partial charge in [-0.25, -0.2) is 13.9 Å². The number of nitrogens with zero attached hydrogens (tertiary/aromatic N) is 2. The summed E-state index contributed by atoms with van der Waals surface area (Å²) in [7, 11) is -4.64. The third-order valence-electron chi connectivity index (χ3n) is 4.18. The zero-order valence-electron chi connectivity index (χ0n) is 15.3. The van der Waals surface area contributed by atoms with Gasteiger partial charge < -0.3 is 0 Å². The third-order valence-corrected chi connectivity index (χ3v) is 6.09. The van der Waals surface area contributed by atoms with Crippen molar-refractivity contribution in [3.05, 3.63) is 69.8 Å². The van der Waals surface area contributed by atoms with Crippen molar-refractivity contribution in [3.63, 3.8) is 0 Å². The van der Waals surface area contributed by atoms with Gasteiger partial charge in [-0.15, -0.1) is 0 Å². The van der Waals surface area contributed by atoms with Crippen molar-refractivity contribution in [1.29, 1.82) is 0 Å². The van der Waals surface area contributed by atoms with E-state index in [2.05, 4.69) is 0 Å². The molecule has 0 saturated carbocycles. The summed E-state index contributed by atoms with van der Waals surface area (Å²) in [6.07, 6.45) is -4.79. The maximum atomic E-state index is 13.0. The average molecular weight is 447 g/mol. The Labute approximate surface area is 168 Å². The molecule has 0 aliphatic heterocycles. The van der Waals surface area contributed by atoms with Crippen molar-refractivity contribution in [2.75, 3.05) is 0 Å². The Bertz CT molecular complexity index is 1040. The number of carbonyl (C=O) groups is 1. The van der Waals surface area contributed by atoms with Crippen molar-refractivity contribution in [3.8, 4) is 0 Å². The molecular weight excluding hydrogens is 431 g/mol. The molecule has 0 fully saturated rings. The topological polar surface area (TPSA) is 130 Å². The van der Waals surface area contributed by atoms with Gasteiger partial charge in [-0.05, 0) is 30.7 Å². The zero-order chi connectivity index (χ0) is 22.7. The summed E-state index contributed by atoms with van der Waals surface area (Å²) in [5.41, 5.74) is 0.0768. The zero-order valence-corrected chi connectivity index (χ0v) is 16.1. The van der Waals surface area contributed by atoms with Crippen molar-refractivity contribution >= 4 is 21.6 Å². The van der Waals surface area contributed by atoms with E-state index in [-0.39, 0.29) is 11.3 Å². The Morgan fingerprint density at radius 1 is 1.23 bits per heavy atom. The molecule has 13 heteroatoms. The number of non-ortho nitro benzene ring substituents is 1. The van der Waals surface area contributed by atoms with Gasteiger partial charge in [0.05, 0.1) is 15.4 Å². The molecule has 9 nitrogen and oxygen atoms in total. The van der Waals surface area contributed by atoms with Crippen LogP contribution in [0.25, 0.3) is 0 Å². The van der Waals surface area contributed by atoms with Crippen LogP contribution >= 0.6 is 0 Å². The first-order valence-corrected chi connectivity index (χ1v) is 9.68. The van der Waals surface area contributed by atoms with Gasteiger partial charge in [0.15, 0.2) is 0 Å². The van der Waals surface area contributed by atoms with E-state index in [1.54, 1.807) is 0 Å². The quantitative estimate of drug-likeness (QED) is 0.381. The number of nitro groups is 1. The molecule has 0 aliphatic rings. The molecule has 1 atom stereocenters. The predicted octanol–water partition coefficient (Wildman–Crippen LogP) is 2.70. The second-order valence-corrected chi connectivity index (χ2v) is 8.04. The van der Waals surface area contributed by atoms with Crippen LogP contribution in [0.4, 0.5) is 18.9 Å². The number of nitro benzene ring substituents is 1. The SMILES string of the molecule is CC(C(=O)NO)N(Cc1ccc([N+](=O)[O-])cc1)S(=O)(=O)c1cccc(C(F)(F)F)c1. The van der Waals surface area contributed by atoms with E-state index >= 15 is 0 Å². The van der Waals surface area contributed by atoms with Crippen LogP contribution in [0.5, 0.6) is 0 Å². The van der Waals surface area contributed by atoms with Gasteiger partial charge in [-0.3, -0.25) is 20.1 Å². The monoisotopic (exact) mass is 447 g/mol. The fourth-order valence-electron chi connectivity index (χ4n) is 2.53. The van der Waals surface area contributed by atoms with Crippen LogP contribution in [0.2, 0.25) is 0 Å². The van der Waals surface area contributed by atoms with Gasteiger partial charge in [0.2, 0.25) is 10.0 Å². The van der Waals surface area contributed by atoms with Crippen LogP contribution in [0.15, 0.2) is 53.4 Å². The van der Waals surface area contributed by atoms with E-state index in [9.17, 15) is 36.5 Å².